The van der Waals surface area contributed by atoms with Crippen LogP contribution in [0.25, 0.3) is 0 Å². The molecule has 0 radical (unpaired) electrons. The Balaban J connectivity index is 2.71. The topological polar surface area (TPSA) is 99.3 Å². The van der Waals surface area contributed by atoms with Gasteiger partial charge >= 0.3 is 4.87 Å². The SMILES string of the molecule is Cc1[nH]c(=O)sc1S(=O)(=O)NCCCCO. The van der Waals surface area contributed by atoms with Crippen LogP contribution in [0.5, 0.6) is 0 Å². The molecule has 1 heterocycles. The average molecular weight is 266 g/mol. The van der Waals surface area contributed by atoms with Gasteiger partial charge < -0.3 is 10.1 Å². The first-order valence-electron chi connectivity index (χ1n) is 4.77. The number of aryl methyl sites for hydroxylation is 1. The molecule has 6 nitrogen and oxygen atoms in total. The van der Waals surface area contributed by atoms with E-state index in [0.717, 1.165) is 0 Å². The fourth-order valence-electron chi connectivity index (χ4n) is 1.16. The van der Waals surface area contributed by atoms with Crippen LogP contribution in [0.2, 0.25) is 0 Å². The zero-order valence-corrected chi connectivity index (χ0v) is 10.4. The van der Waals surface area contributed by atoms with Gasteiger partial charge in [0, 0.05) is 18.8 Å². The van der Waals surface area contributed by atoms with E-state index in [1.165, 1.54) is 0 Å². The molecule has 0 aromatic carbocycles. The smallest absolute Gasteiger partial charge is 0.305 e. The molecule has 1 rings (SSSR count). The van der Waals surface area contributed by atoms with Crippen molar-refractivity contribution in [2.45, 2.75) is 24.0 Å². The molecule has 0 saturated heterocycles. The van der Waals surface area contributed by atoms with E-state index in [1.807, 2.05) is 0 Å². The summed E-state index contributed by atoms with van der Waals surface area (Å²) < 4.78 is 25.8. The van der Waals surface area contributed by atoms with Crippen LogP contribution in [0.15, 0.2) is 9.00 Å². The third kappa shape index (κ3) is 3.41. The average Bonchev–Trinajstić information content (AvgIpc) is 2.53. The molecule has 0 aliphatic rings. The predicted octanol–water partition coefficient (Wildman–Crippen LogP) is -0.204. The first-order chi connectivity index (χ1) is 7.47. The van der Waals surface area contributed by atoms with Gasteiger partial charge in [0.25, 0.3) is 10.0 Å². The van der Waals surface area contributed by atoms with E-state index in [1.54, 1.807) is 6.92 Å². The number of nitrogens with one attached hydrogen (secondary N) is 2. The number of aromatic amines is 1. The van der Waals surface area contributed by atoms with Gasteiger partial charge in [-0.15, -0.1) is 0 Å². The summed E-state index contributed by atoms with van der Waals surface area (Å²) in [6.07, 6.45) is 1.11. The van der Waals surface area contributed by atoms with Gasteiger partial charge in [0.1, 0.15) is 0 Å². The van der Waals surface area contributed by atoms with Crippen molar-refractivity contribution >= 4 is 21.4 Å². The summed E-state index contributed by atoms with van der Waals surface area (Å²) in [5.41, 5.74) is 0.352. The van der Waals surface area contributed by atoms with Crippen LogP contribution in [-0.4, -0.2) is 31.7 Å². The van der Waals surface area contributed by atoms with E-state index in [4.69, 9.17) is 5.11 Å². The van der Waals surface area contributed by atoms with Crippen molar-refractivity contribution in [1.82, 2.24) is 9.71 Å². The predicted molar refractivity (Wildman–Crippen MR) is 61.2 cm³/mol. The van der Waals surface area contributed by atoms with Gasteiger partial charge in [-0.3, -0.25) is 4.79 Å². The highest BCUT2D eigenvalue weighted by molar-refractivity contribution is 7.91. The highest BCUT2D eigenvalue weighted by Gasteiger charge is 2.19. The molecule has 0 amide bonds. The fraction of sp³-hybridized carbons (Fsp3) is 0.625. The molecular formula is C8H14N2O4S2. The van der Waals surface area contributed by atoms with Gasteiger partial charge in [-0.1, -0.05) is 11.3 Å². The van der Waals surface area contributed by atoms with Crippen molar-refractivity contribution in [3.05, 3.63) is 15.4 Å². The maximum absolute atomic E-state index is 11.7. The van der Waals surface area contributed by atoms with Crippen molar-refractivity contribution < 1.29 is 13.5 Å². The summed E-state index contributed by atoms with van der Waals surface area (Å²) >= 11 is 0.674. The lowest BCUT2D eigenvalue weighted by molar-refractivity contribution is 0.285. The molecule has 0 bridgehead atoms. The second-order valence-electron chi connectivity index (χ2n) is 3.26. The lowest BCUT2D eigenvalue weighted by atomic mass is 10.3. The minimum absolute atomic E-state index is 0.0292. The number of rotatable bonds is 6. The number of unbranched alkanes of at least 4 members (excludes halogenated alkanes) is 1. The molecule has 0 aliphatic heterocycles. The fourth-order valence-corrected chi connectivity index (χ4v) is 3.57. The third-order valence-corrected chi connectivity index (χ3v) is 4.97. The van der Waals surface area contributed by atoms with Gasteiger partial charge in [-0.05, 0) is 19.8 Å². The number of thiazole rings is 1. The maximum atomic E-state index is 11.7. The molecule has 1 aromatic heterocycles. The van der Waals surface area contributed by atoms with Gasteiger partial charge in [0.2, 0.25) is 0 Å². The summed E-state index contributed by atoms with van der Waals surface area (Å²) in [6, 6.07) is 0. The van der Waals surface area contributed by atoms with Gasteiger partial charge in [-0.25, -0.2) is 13.1 Å². The highest BCUT2D eigenvalue weighted by Crippen LogP contribution is 2.15. The first-order valence-corrected chi connectivity index (χ1v) is 7.07. The third-order valence-electron chi connectivity index (χ3n) is 1.90. The molecule has 3 N–H and O–H groups in total. The molecule has 0 fully saturated rings. The van der Waals surface area contributed by atoms with Crippen molar-refractivity contribution in [1.29, 1.82) is 0 Å². The van der Waals surface area contributed by atoms with Crippen LogP contribution in [0.3, 0.4) is 0 Å². The van der Waals surface area contributed by atoms with E-state index in [9.17, 15) is 13.2 Å². The minimum Gasteiger partial charge on any atom is -0.396 e. The summed E-state index contributed by atoms with van der Waals surface area (Å²) in [5.74, 6) is 0. The van der Waals surface area contributed by atoms with E-state index >= 15 is 0 Å². The Labute approximate surface area is 97.4 Å². The van der Waals surface area contributed by atoms with Gasteiger partial charge in [0.15, 0.2) is 4.21 Å². The molecule has 0 saturated carbocycles. The van der Waals surface area contributed by atoms with E-state index in [0.29, 0.717) is 29.9 Å². The van der Waals surface area contributed by atoms with Crippen molar-refractivity contribution in [3.63, 3.8) is 0 Å². The standard InChI is InChI=1S/C8H14N2O4S2/c1-6-7(15-8(12)10-6)16(13,14)9-4-2-3-5-11/h9,11H,2-5H2,1H3,(H,10,12). The Kier molecular flexibility index (Phi) is 4.66. The first kappa shape index (κ1) is 13.4. The Hall–Kier alpha value is -0.700. The molecule has 1 aromatic rings. The monoisotopic (exact) mass is 266 g/mol. The summed E-state index contributed by atoms with van der Waals surface area (Å²) in [7, 11) is -3.59. The molecule has 16 heavy (non-hydrogen) atoms. The van der Waals surface area contributed by atoms with Crippen LogP contribution in [0.4, 0.5) is 0 Å². The lowest BCUT2D eigenvalue weighted by Crippen LogP contribution is -2.24. The van der Waals surface area contributed by atoms with E-state index in [2.05, 4.69) is 9.71 Å². The molecule has 0 atom stereocenters. The van der Waals surface area contributed by atoms with Gasteiger partial charge in [-0.2, -0.15) is 0 Å². The second kappa shape index (κ2) is 5.58. The normalized spacial score (nSPS) is 11.9. The molecule has 0 aliphatic carbocycles. The largest absolute Gasteiger partial charge is 0.396 e. The van der Waals surface area contributed by atoms with Crippen molar-refractivity contribution in [3.8, 4) is 0 Å². The van der Waals surface area contributed by atoms with Crippen LogP contribution >= 0.6 is 11.3 Å². The zero-order valence-electron chi connectivity index (χ0n) is 8.82. The quantitative estimate of drug-likeness (QED) is 0.621. The number of hydrogen-bond donors (Lipinski definition) is 3. The molecular weight excluding hydrogens is 252 g/mol. The van der Waals surface area contributed by atoms with Crippen molar-refractivity contribution in [2.24, 2.45) is 0 Å². The summed E-state index contributed by atoms with van der Waals surface area (Å²) in [6.45, 7) is 1.84. The summed E-state index contributed by atoms with van der Waals surface area (Å²) in [5, 5.41) is 8.54. The Bertz CT molecular complexity index is 488. The van der Waals surface area contributed by atoms with Crippen LogP contribution in [-0.2, 0) is 10.0 Å². The van der Waals surface area contributed by atoms with E-state index < -0.39 is 10.0 Å². The number of sulfonamides is 1. The lowest BCUT2D eigenvalue weighted by Gasteiger charge is -2.04. The molecule has 8 heteroatoms. The second-order valence-corrected chi connectivity index (χ2v) is 6.20. The van der Waals surface area contributed by atoms with Crippen molar-refractivity contribution in [2.75, 3.05) is 13.2 Å². The summed E-state index contributed by atoms with van der Waals surface area (Å²) in [4.78, 5) is 13.0. The number of H-pyrrole nitrogens is 1. The Morgan fingerprint density at radius 3 is 2.62 bits per heavy atom. The number of aromatic nitrogens is 1. The molecule has 0 spiro atoms. The highest BCUT2D eigenvalue weighted by atomic mass is 32.2. The number of aliphatic hydroxyl groups excluding tert-OH is 1. The number of aliphatic hydroxyl groups is 1. The maximum Gasteiger partial charge on any atom is 0.305 e. The molecule has 92 valence electrons. The van der Waals surface area contributed by atoms with E-state index in [-0.39, 0.29) is 22.2 Å². The Morgan fingerprint density at radius 1 is 1.44 bits per heavy atom. The van der Waals surface area contributed by atoms with Crippen LogP contribution in [0, 0.1) is 6.92 Å². The number of hydrogen-bond acceptors (Lipinski definition) is 5. The minimum atomic E-state index is -3.59. The zero-order chi connectivity index (χ0) is 12.2. The van der Waals surface area contributed by atoms with Gasteiger partial charge in [0.05, 0.1) is 0 Å². The van der Waals surface area contributed by atoms with Crippen LogP contribution < -0.4 is 9.60 Å². The molecule has 0 unspecified atom stereocenters. The Morgan fingerprint density at radius 2 is 2.12 bits per heavy atom. The van der Waals surface area contributed by atoms with Crippen LogP contribution in [0.1, 0.15) is 18.5 Å².